The molecule has 4 aromatic heterocycles. The third-order valence-corrected chi connectivity index (χ3v) is 8.70. The van der Waals surface area contributed by atoms with E-state index in [4.69, 9.17) is 4.98 Å². The van der Waals surface area contributed by atoms with Crippen LogP contribution in [0.2, 0.25) is 0 Å². The number of rotatable bonds is 2. The molecule has 1 fully saturated rings. The van der Waals surface area contributed by atoms with Crippen LogP contribution in [0.4, 0.5) is 5.13 Å². The monoisotopic (exact) mass is 436 g/mol. The van der Waals surface area contributed by atoms with Crippen molar-refractivity contribution in [2.75, 3.05) is 31.1 Å². The number of carbonyl (C=O) groups is 1. The molecule has 29 heavy (non-hydrogen) atoms. The first kappa shape index (κ1) is 17.3. The van der Waals surface area contributed by atoms with Crippen LogP contribution in [0.1, 0.15) is 9.67 Å². The van der Waals surface area contributed by atoms with E-state index >= 15 is 0 Å². The average molecular weight is 437 g/mol. The molecular weight excluding hydrogens is 420 g/mol. The van der Waals surface area contributed by atoms with Gasteiger partial charge in [-0.25, -0.2) is 9.97 Å². The molecule has 0 spiro atoms. The fourth-order valence-corrected chi connectivity index (χ4v) is 7.21. The summed E-state index contributed by atoms with van der Waals surface area (Å²) in [5.41, 5.74) is 0.942. The van der Waals surface area contributed by atoms with Gasteiger partial charge in [0.2, 0.25) is 0 Å². The lowest BCUT2D eigenvalue weighted by atomic mass is 10.2. The van der Waals surface area contributed by atoms with Crippen LogP contribution in [-0.4, -0.2) is 47.0 Å². The highest BCUT2D eigenvalue weighted by atomic mass is 32.1. The van der Waals surface area contributed by atoms with Crippen molar-refractivity contribution in [3.63, 3.8) is 0 Å². The first-order valence-electron chi connectivity index (χ1n) is 9.43. The maximum Gasteiger partial charge on any atom is 0.264 e. The number of thiophene rings is 2. The largest absolute Gasteiger partial charge is 0.344 e. The predicted octanol–water partition coefficient (Wildman–Crippen LogP) is 5.08. The Balaban J connectivity index is 1.20. The molecule has 5 nitrogen and oxygen atoms in total. The van der Waals surface area contributed by atoms with Gasteiger partial charge < -0.3 is 9.80 Å². The van der Waals surface area contributed by atoms with E-state index in [1.165, 1.54) is 19.5 Å². The summed E-state index contributed by atoms with van der Waals surface area (Å²) in [7, 11) is 0. The molecule has 0 N–H and O–H groups in total. The molecule has 1 aliphatic rings. The van der Waals surface area contributed by atoms with Gasteiger partial charge in [-0.15, -0.1) is 22.7 Å². The average Bonchev–Trinajstić information content (AvgIpc) is 3.45. The van der Waals surface area contributed by atoms with Crippen LogP contribution < -0.4 is 4.90 Å². The molecule has 0 unspecified atom stereocenters. The normalized spacial score (nSPS) is 15.0. The second-order valence-electron chi connectivity index (χ2n) is 7.01. The Morgan fingerprint density at radius 1 is 0.931 bits per heavy atom. The number of hydrogen-bond acceptors (Lipinski definition) is 7. The second kappa shape index (κ2) is 6.76. The van der Waals surface area contributed by atoms with Crippen molar-refractivity contribution in [3.05, 3.63) is 53.5 Å². The highest BCUT2D eigenvalue weighted by Gasteiger charge is 2.25. The van der Waals surface area contributed by atoms with Gasteiger partial charge in [-0.2, -0.15) is 0 Å². The fourth-order valence-electron chi connectivity index (χ4n) is 3.76. The fraction of sp³-hybridized carbons (Fsp3) is 0.190. The van der Waals surface area contributed by atoms with Crippen LogP contribution in [0.3, 0.4) is 0 Å². The number of aromatic nitrogens is 2. The van der Waals surface area contributed by atoms with Gasteiger partial charge in [0.15, 0.2) is 5.13 Å². The third kappa shape index (κ3) is 2.90. The van der Waals surface area contributed by atoms with E-state index in [-0.39, 0.29) is 5.91 Å². The molecule has 0 atom stereocenters. The summed E-state index contributed by atoms with van der Waals surface area (Å²) in [6.45, 7) is 3.03. The van der Waals surface area contributed by atoms with Gasteiger partial charge in [-0.3, -0.25) is 4.79 Å². The van der Waals surface area contributed by atoms with Gasteiger partial charge in [0.05, 0.1) is 9.58 Å². The van der Waals surface area contributed by atoms with Crippen LogP contribution in [-0.2, 0) is 0 Å². The molecule has 0 bridgehead atoms. The Labute approximate surface area is 178 Å². The molecule has 0 saturated carbocycles. The zero-order valence-corrected chi connectivity index (χ0v) is 17.8. The Morgan fingerprint density at radius 2 is 1.79 bits per heavy atom. The smallest absolute Gasteiger partial charge is 0.264 e. The van der Waals surface area contributed by atoms with Crippen LogP contribution in [0, 0.1) is 0 Å². The lowest BCUT2D eigenvalue weighted by molar-refractivity contribution is 0.0752. The van der Waals surface area contributed by atoms with E-state index in [9.17, 15) is 4.79 Å². The van der Waals surface area contributed by atoms with Crippen LogP contribution in [0.25, 0.3) is 29.8 Å². The number of hydrogen-bond donors (Lipinski definition) is 0. The van der Waals surface area contributed by atoms with Crippen LogP contribution >= 0.6 is 34.0 Å². The molecule has 1 aromatic carbocycles. The summed E-state index contributed by atoms with van der Waals surface area (Å²) in [6.07, 6.45) is 1.80. The quantitative estimate of drug-likeness (QED) is 0.387. The third-order valence-electron chi connectivity index (χ3n) is 5.25. The van der Waals surface area contributed by atoms with Crippen molar-refractivity contribution in [2.45, 2.75) is 0 Å². The van der Waals surface area contributed by atoms with Crippen molar-refractivity contribution in [2.24, 2.45) is 0 Å². The summed E-state index contributed by atoms with van der Waals surface area (Å²) in [5, 5.41) is 2.25. The number of anilines is 1. The Hall–Kier alpha value is -2.55. The zero-order chi connectivity index (χ0) is 19.4. The number of pyridine rings is 1. The number of fused-ring (bicyclic) bond motifs is 4. The minimum atomic E-state index is 0.146. The van der Waals surface area contributed by atoms with E-state index in [0.29, 0.717) is 13.1 Å². The van der Waals surface area contributed by atoms with E-state index in [1.807, 2.05) is 17.0 Å². The summed E-state index contributed by atoms with van der Waals surface area (Å²) in [6, 6.07) is 14.4. The summed E-state index contributed by atoms with van der Waals surface area (Å²) >= 11 is 5.01. The number of carbonyl (C=O) groups excluding carboxylic acids is 1. The lowest BCUT2D eigenvalue weighted by Crippen LogP contribution is -2.48. The van der Waals surface area contributed by atoms with Crippen molar-refractivity contribution in [1.82, 2.24) is 14.9 Å². The van der Waals surface area contributed by atoms with Crippen molar-refractivity contribution >= 4 is 74.9 Å². The number of benzene rings is 1. The SMILES string of the molecule is O=C(c1cc2sc3ccccc3c2s1)N1CCN(c2nc3cccnc3s2)CC1. The first-order chi connectivity index (χ1) is 14.3. The minimum Gasteiger partial charge on any atom is -0.344 e. The first-order valence-corrected chi connectivity index (χ1v) is 11.9. The van der Waals surface area contributed by atoms with E-state index in [0.717, 1.165) is 33.4 Å². The number of piperazine rings is 1. The second-order valence-corrected chi connectivity index (χ2v) is 10.1. The van der Waals surface area contributed by atoms with Crippen LogP contribution in [0.5, 0.6) is 0 Å². The minimum absolute atomic E-state index is 0.146. The molecule has 6 rings (SSSR count). The molecule has 1 saturated heterocycles. The molecule has 1 aliphatic heterocycles. The Morgan fingerprint density at radius 3 is 2.66 bits per heavy atom. The molecule has 8 heteroatoms. The molecular formula is C21H16N4OS3. The van der Waals surface area contributed by atoms with Crippen molar-refractivity contribution in [3.8, 4) is 0 Å². The summed E-state index contributed by atoms with van der Waals surface area (Å²) in [4.78, 5) is 28.2. The zero-order valence-electron chi connectivity index (χ0n) is 15.4. The molecule has 5 aromatic rings. The van der Waals surface area contributed by atoms with Gasteiger partial charge in [-0.1, -0.05) is 29.5 Å². The van der Waals surface area contributed by atoms with Crippen LogP contribution in [0.15, 0.2) is 48.7 Å². The topological polar surface area (TPSA) is 49.3 Å². The predicted molar refractivity (Wildman–Crippen MR) is 123 cm³/mol. The molecule has 144 valence electrons. The maximum atomic E-state index is 13.1. The molecule has 0 aliphatic carbocycles. The van der Waals surface area contributed by atoms with E-state index in [1.54, 1.807) is 40.2 Å². The number of thiazole rings is 1. The maximum absolute atomic E-state index is 13.1. The molecule has 1 amide bonds. The molecule has 5 heterocycles. The highest BCUT2D eigenvalue weighted by Crippen LogP contribution is 2.39. The summed E-state index contributed by atoms with van der Waals surface area (Å²) in [5.74, 6) is 0.146. The van der Waals surface area contributed by atoms with E-state index in [2.05, 4.69) is 40.2 Å². The van der Waals surface area contributed by atoms with Gasteiger partial charge in [-0.05, 0) is 24.3 Å². The van der Waals surface area contributed by atoms with Gasteiger partial charge in [0.1, 0.15) is 10.3 Å². The lowest BCUT2D eigenvalue weighted by Gasteiger charge is -2.34. The van der Waals surface area contributed by atoms with Crippen molar-refractivity contribution in [1.29, 1.82) is 0 Å². The van der Waals surface area contributed by atoms with Crippen molar-refractivity contribution < 1.29 is 4.79 Å². The number of nitrogens with zero attached hydrogens (tertiary/aromatic N) is 4. The highest BCUT2D eigenvalue weighted by molar-refractivity contribution is 7.33. The summed E-state index contributed by atoms with van der Waals surface area (Å²) < 4.78 is 3.72. The number of amides is 1. The van der Waals surface area contributed by atoms with E-state index < -0.39 is 0 Å². The van der Waals surface area contributed by atoms with Gasteiger partial charge >= 0.3 is 0 Å². The Bertz CT molecular complexity index is 1330. The standard InChI is InChI=1S/C21H16N4OS3/c26-20(17-12-16-18(28-17)13-4-1-2-6-15(13)27-16)24-8-10-25(11-9-24)21-23-14-5-3-7-22-19(14)29-21/h1-7,12H,8-11H2. The van der Waals surface area contributed by atoms with Gasteiger partial charge in [0.25, 0.3) is 5.91 Å². The molecule has 0 radical (unpaired) electrons. The van der Waals surface area contributed by atoms with Gasteiger partial charge in [0, 0.05) is 47.2 Å². The Kier molecular flexibility index (Phi) is 4.04.